The summed E-state index contributed by atoms with van der Waals surface area (Å²) in [4.78, 5) is 4.31. The van der Waals surface area contributed by atoms with Gasteiger partial charge in [0.2, 0.25) is 5.95 Å². The zero-order valence-electron chi connectivity index (χ0n) is 11.5. The Hall–Kier alpha value is -1.58. The van der Waals surface area contributed by atoms with Gasteiger partial charge in [-0.2, -0.15) is 0 Å². The quantitative estimate of drug-likeness (QED) is 0.893. The lowest BCUT2D eigenvalue weighted by atomic mass is 9.99. The second kappa shape index (κ2) is 4.51. The summed E-state index contributed by atoms with van der Waals surface area (Å²) in [7, 11) is 0. The Balaban J connectivity index is 2.11. The molecule has 19 heavy (non-hydrogen) atoms. The van der Waals surface area contributed by atoms with Crippen molar-refractivity contribution in [2.45, 2.75) is 45.6 Å². The second-order valence-electron chi connectivity index (χ2n) is 5.72. The lowest BCUT2D eigenvalue weighted by Crippen LogP contribution is -2.16. The van der Waals surface area contributed by atoms with Crippen LogP contribution in [0.1, 0.15) is 44.2 Å². The Morgan fingerprint density at radius 3 is 2.74 bits per heavy atom. The van der Waals surface area contributed by atoms with Crippen LogP contribution in [-0.4, -0.2) is 9.55 Å². The average molecular weight is 261 g/mol. The van der Waals surface area contributed by atoms with Gasteiger partial charge >= 0.3 is 0 Å². The van der Waals surface area contributed by atoms with Gasteiger partial charge in [-0.25, -0.2) is 9.37 Å². The molecule has 0 saturated heterocycles. The number of fused-ring (bicyclic) bond motifs is 1. The average Bonchev–Trinajstić information content (AvgIpc) is 2.97. The fraction of sp³-hybridized carbons (Fsp3) is 0.533. The van der Waals surface area contributed by atoms with Crippen molar-refractivity contribution in [2.24, 2.45) is 5.92 Å². The van der Waals surface area contributed by atoms with Gasteiger partial charge in [-0.1, -0.05) is 12.8 Å². The van der Waals surface area contributed by atoms with Crippen molar-refractivity contribution in [3.63, 3.8) is 0 Å². The molecule has 1 aliphatic carbocycles. The highest BCUT2D eigenvalue weighted by Gasteiger charge is 2.25. The minimum atomic E-state index is -0.217. The molecule has 1 fully saturated rings. The maximum atomic E-state index is 13.6. The largest absolute Gasteiger partial charge is 0.369 e. The van der Waals surface area contributed by atoms with Crippen LogP contribution in [0.4, 0.5) is 10.3 Å². The molecular weight excluding hydrogens is 241 g/mol. The van der Waals surface area contributed by atoms with Crippen molar-refractivity contribution in [1.29, 1.82) is 0 Å². The SMILES string of the molecule is Cc1cc2c(cc1F)nc(N)n2C(C)C1CCCC1. The molecule has 3 nitrogen and oxygen atoms in total. The third-order valence-electron chi connectivity index (χ3n) is 4.49. The summed E-state index contributed by atoms with van der Waals surface area (Å²) in [6.45, 7) is 3.98. The van der Waals surface area contributed by atoms with Crippen molar-refractivity contribution < 1.29 is 4.39 Å². The van der Waals surface area contributed by atoms with Crippen LogP contribution in [0.25, 0.3) is 11.0 Å². The van der Waals surface area contributed by atoms with Crippen molar-refractivity contribution in [1.82, 2.24) is 9.55 Å². The maximum absolute atomic E-state index is 13.6. The monoisotopic (exact) mass is 261 g/mol. The number of imidazole rings is 1. The summed E-state index contributed by atoms with van der Waals surface area (Å²) in [5.74, 6) is 0.940. The van der Waals surface area contributed by atoms with E-state index in [-0.39, 0.29) is 5.82 Å². The molecule has 2 N–H and O–H groups in total. The first-order chi connectivity index (χ1) is 9.08. The Bertz CT molecular complexity index is 611. The summed E-state index contributed by atoms with van der Waals surface area (Å²) in [5.41, 5.74) is 8.31. The van der Waals surface area contributed by atoms with Crippen molar-refractivity contribution >= 4 is 17.0 Å². The molecule has 1 aliphatic rings. The first-order valence-electron chi connectivity index (χ1n) is 7.01. The molecule has 0 radical (unpaired) electrons. The van der Waals surface area contributed by atoms with Gasteiger partial charge in [0, 0.05) is 12.1 Å². The molecule has 0 spiro atoms. The Morgan fingerprint density at radius 1 is 1.37 bits per heavy atom. The van der Waals surface area contributed by atoms with Crippen molar-refractivity contribution in [3.8, 4) is 0 Å². The maximum Gasteiger partial charge on any atom is 0.201 e. The van der Waals surface area contributed by atoms with Gasteiger partial charge in [0.15, 0.2) is 0 Å². The lowest BCUT2D eigenvalue weighted by molar-refractivity contribution is 0.371. The van der Waals surface area contributed by atoms with E-state index in [0.29, 0.717) is 29.0 Å². The minimum absolute atomic E-state index is 0.217. The van der Waals surface area contributed by atoms with Gasteiger partial charge in [-0.15, -0.1) is 0 Å². The van der Waals surface area contributed by atoms with E-state index in [1.165, 1.54) is 31.7 Å². The smallest absolute Gasteiger partial charge is 0.201 e. The van der Waals surface area contributed by atoms with Crippen LogP contribution < -0.4 is 5.73 Å². The molecule has 1 aromatic heterocycles. The molecule has 1 saturated carbocycles. The lowest BCUT2D eigenvalue weighted by Gasteiger charge is -2.22. The van der Waals surface area contributed by atoms with Gasteiger partial charge in [0.05, 0.1) is 11.0 Å². The van der Waals surface area contributed by atoms with E-state index in [1.54, 1.807) is 6.92 Å². The number of hydrogen-bond donors (Lipinski definition) is 1. The van der Waals surface area contributed by atoms with E-state index < -0.39 is 0 Å². The highest BCUT2D eigenvalue weighted by molar-refractivity contribution is 5.79. The van der Waals surface area contributed by atoms with Crippen LogP contribution in [-0.2, 0) is 0 Å². The molecule has 0 bridgehead atoms. The van der Waals surface area contributed by atoms with Crippen LogP contribution in [0.5, 0.6) is 0 Å². The number of nitrogen functional groups attached to an aromatic ring is 1. The first-order valence-corrected chi connectivity index (χ1v) is 7.01. The van der Waals surface area contributed by atoms with Gasteiger partial charge in [-0.05, 0) is 44.2 Å². The Morgan fingerprint density at radius 2 is 2.05 bits per heavy atom. The van der Waals surface area contributed by atoms with E-state index >= 15 is 0 Å². The van der Waals surface area contributed by atoms with Crippen LogP contribution in [0.2, 0.25) is 0 Å². The second-order valence-corrected chi connectivity index (χ2v) is 5.72. The number of aromatic nitrogens is 2. The molecule has 102 valence electrons. The molecule has 3 rings (SSSR count). The van der Waals surface area contributed by atoms with Crippen molar-refractivity contribution in [2.75, 3.05) is 5.73 Å². The molecule has 1 atom stereocenters. The molecular formula is C15H20FN3. The summed E-state index contributed by atoms with van der Waals surface area (Å²) in [5, 5.41) is 0. The molecule has 1 aromatic carbocycles. The zero-order chi connectivity index (χ0) is 13.6. The summed E-state index contributed by atoms with van der Waals surface area (Å²) in [6, 6.07) is 3.68. The van der Waals surface area contributed by atoms with Gasteiger partial charge < -0.3 is 10.3 Å². The van der Waals surface area contributed by atoms with Crippen molar-refractivity contribution in [3.05, 3.63) is 23.5 Å². The number of hydrogen-bond acceptors (Lipinski definition) is 2. The standard InChI is InChI=1S/C15H20FN3/c1-9-7-14-13(8-12(9)16)18-15(17)19(14)10(2)11-5-3-4-6-11/h7-8,10-11H,3-6H2,1-2H3,(H2,17,18). The van der Waals surface area contributed by atoms with E-state index in [2.05, 4.69) is 16.5 Å². The van der Waals surface area contributed by atoms with E-state index in [4.69, 9.17) is 5.73 Å². The van der Waals surface area contributed by atoms with E-state index in [0.717, 1.165) is 5.52 Å². The molecule has 0 aliphatic heterocycles. The van der Waals surface area contributed by atoms with Crippen LogP contribution >= 0.6 is 0 Å². The first kappa shape index (κ1) is 12.5. The molecule has 1 unspecified atom stereocenters. The predicted molar refractivity (Wildman–Crippen MR) is 75.5 cm³/mol. The van der Waals surface area contributed by atoms with Gasteiger partial charge in [0.1, 0.15) is 5.82 Å². The number of rotatable bonds is 2. The van der Waals surface area contributed by atoms with Crippen LogP contribution in [0.15, 0.2) is 12.1 Å². The zero-order valence-corrected chi connectivity index (χ0v) is 11.5. The third kappa shape index (κ3) is 1.99. The highest BCUT2D eigenvalue weighted by atomic mass is 19.1. The predicted octanol–water partition coefficient (Wildman–Crippen LogP) is 3.82. The van der Waals surface area contributed by atoms with Gasteiger partial charge in [-0.3, -0.25) is 0 Å². The normalized spacial score (nSPS) is 18.3. The van der Waals surface area contributed by atoms with Crippen LogP contribution in [0, 0.1) is 18.7 Å². The van der Waals surface area contributed by atoms with E-state index in [9.17, 15) is 4.39 Å². The molecule has 1 heterocycles. The topological polar surface area (TPSA) is 43.8 Å². The summed E-state index contributed by atoms with van der Waals surface area (Å²) in [6.07, 6.45) is 5.10. The van der Waals surface area contributed by atoms with E-state index in [1.807, 2.05) is 6.07 Å². The van der Waals surface area contributed by atoms with Gasteiger partial charge in [0.25, 0.3) is 0 Å². The Kier molecular flexibility index (Phi) is 2.96. The minimum Gasteiger partial charge on any atom is -0.369 e. The number of nitrogens with two attached hydrogens (primary N) is 1. The number of aryl methyl sites for hydroxylation is 1. The number of halogens is 1. The number of benzene rings is 1. The molecule has 0 amide bonds. The molecule has 4 heteroatoms. The highest BCUT2D eigenvalue weighted by Crippen LogP contribution is 2.37. The summed E-state index contributed by atoms with van der Waals surface area (Å²) >= 11 is 0. The summed E-state index contributed by atoms with van der Waals surface area (Å²) < 4.78 is 15.7. The third-order valence-corrected chi connectivity index (χ3v) is 4.49. The fourth-order valence-corrected chi connectivity index (χ4v) is 3.32. The number of anilines is 1. The molecule has 2 aromatic rings. The Labute approximate surface area is 112 Å². The fourth-order valence-electron chi connectivity index (χ4n) is 3.32. The van der Waals surface area contributed by atoms with Crippen LogP contribution in [0.3, 0.4) is 0 Å². The number of nitrogens with zero attached hydrogens (tertiary/aromatic N) is 2.